The highest BCUT2D eigenvalue weighted by atomic mass is 35.5. The fourth-order valence-corrected chi connectivity index (χ4v) is 3.38. The summed E-state index contributed by atoms with van der Waals surface area (Å²) in [7, 11) is 0. The van der Waals surface area contributed by atoms with Gasteiger partial charge in [0.2, 0.25) is 5.78 Å². The van der Waals surface area contributed by atoms with Crippen LogP contribution in [0.25, 0.3) is 11.0 Å². The molecule has 162 valence electrons. The van der Waals surface area contributed by atoms with Gasteiger partial charge in [0, 0.05) is 22.9 Å². The van der Waals surface area contributed by atoms with Crippen molar-refractivity contribution in [2.24, 2.45) is 0 Å². The molecule has 0 radical (unpaired) electrons. The van der Waals surface area contributed by atoms with E-state index in [2.05, 4.69) is 25.6 Å². The molecular weight excluding hydrogens is 430 g/mol. The molecule has 0 aliphatic heterocycles. The molecule has 0 saturated carbocycles. The van der Waals surface area contributed by atoms with E-state index in [0.29, 0.717) is 27.3 Å². The summed E-state index contributed by atoms with van der Waals surface area (Å²) in [5.41, 5.74) is 7.70. The molecule has 4 N–H and O–H groups in total. The number of urea groups is 1. The van der Waals surface area contributed by atoms with E-state index in [9.17, 15) is 9.59 Å². The lowest BCUT2D eigenvalue weighted by molar-refractivity contribution is 0.103. The average Bonchev–Trinajstić information content (AvgIpc) is 3.16. The van der Waals surface area contributed by atoms with Crippen molar-refractivity contribution in [3.05, 3.63) is 71.3 Å². The zero-order valence-corrected chi connectivity index (χ0v) is 18.1. The third kappa shape index (κ3) is 4.23. The number of hydrogen-bond acceptors (Lipinski definition) is 6. The number of anilines is 3. The largest absolute Gasteiger partial charge is 0.383 e. The minimum atomic E-state index is -0.501. The molecule has 32 heavy (non-hydrogen) atoms. The summed E-state index contributed by atoms with van der Waals surface area (Å²) in [6, 6.07) is 11.0. The van der Waals surface area contributed by atoms with Crippen LogP contribution in [0.2, 0.25) is 5.02 Å². The van der Waals surface area contributed by atoms with E-state index < -0.39 is 6.03 Å². The van der Waals surface area contributed by atoms with Crippen LogP contribution in [0.5, 0.6) is 0 Å². The molecule has 0 aliphatic carbocycles. The summed E-state index contributed by atoms with van der Waals surface area (Å²) in [6.45, 7) is 3.96. The smallest absolute Gasteiger partial charge is 0.324 e. The minimum Gasteiger partial charge on any atom is -0.383 e. The van der Waals surface area contributed by atoms with E-state index in [0.717, 1.165) is 0 Å². The lowest BCUT2D eigenvalue weighted by Gasteiger charge is -2.08. The number of ketones is 1. The average molecular weight is 450 g/mol. The molecule has 0 atom stereocenters. The Morgan fingerprint density at radius 3 is 2.53 bits per heavy atom. The molecule has 3 heterocycles. The van der Waals surface area contributed by atoms with Crippen molar-refractivity contribution in [1.82, 2.24) is 19.5 Å². The fraction of sp³-hybridized carbons (Fsp3) is 0.136. The first-order chi connectivity index (χ1) is 15.3. The van der Waals surface area contributed by atoms with Gasteiger partial charge < -0.3 is 15.6 Å². The number of amides is 2. The van der Waals surface area contributed by atoms with Crippen LogP contribution in [0.4, 0.5) is 22.1 Å². The first-order valence-corrected chi connectivity index (χ1v) is 10.2. The molecule has 0 unspecified atom stereocenters. The van der Waals surface area contributed by atoms with Crippen LogP contribution in [0.1, 0.15) is 35.9 Å². The molecule has 9 nitrogen and oxygen atoms in total. The molecule has 0 fully saturated rings. The number of aromatic nitrogens is 4. The van der Waals surface area contributed by atoms with Crippen molar-refractivity contribution in [3.8, 4) is 0 Å². The van der Waals surface area contributed by atoms with Crippen molar-refractivity contribution in [2.45, 2.75) is 19.9 Å². The van der Waals surface area contributed by atoms with Crippen molar-refractivity contribution in [3.63, 3.8) is 0 Å². The Morgan fingerprint density at radius 1 is 1.06 bits per heavy atom. The van der Waals surface area contributed by atoms with Gasteiger partial charge in [0.1, 0.15) is 29.3 Å². The number of benzene rings is 1. The molecule has 0 spiro atoms. The quantitative estimate of drug-likeness (QED) is 0.384. The molecule has 0 bridgehead atoms. The Labute approximate surface area is 188 Å². The number of hydrogen-bond donors (Lipinski definition) is 3. The highest BCUT2D eigenvalue weighted by molar-refractivity contribution is 6.30. The molecule has 0 saturated heterocycles. The summed E-state index contributed by atoms with van der Waals surface area (Å²) in [5, 5.41) is 6.34. The molecule has 4 rings (SSSR count). The van der Waals surface area contributed by atoms with Crippen molar-refractivity contribution in [2.75, 3.05) is 16.4 Å². The first-order valence-electron chi connectivity index (χ1n) is 9.80. The van der Waals surface area contributed by atoms with Crippen LogP contribution in [-0.4, -0.2) is 31.3 Å². The maximum absolute atomic E-state index is 13.3. The van der Waals surface area contributed by atoms with Gasteiger partial charge in [-0.2, -0.15) is 0 Å². The Kier molecular flexibility index (Phi) is 5.74. The molecule has 0 aliphatic rings. The fourth-order valence-electron chi connectivity index (χ4n) is 3.25. The predicted octanol–water partition coefficient (Wildman–Crippen LogP) is 4.52. The number of nitrogens with zero attached hydrogens (tertiary/aromatic N) is 4. The maximum atomic E-state index is 13.3. The summed E-state index contributed by atoms with van der Waals surface area (Å²) in [6.07, 6.45) is 3.07. The number of pyridine rings is 1. The zero-order chi connectivity index (χ0) is 22.8. The molecule has 3 aromatic heterocycles. The number of nitrogen functional groups attached to an aromatic ring is 1. The summed E-state index contributed by atoms with van der Waals surface area (Å²) < 4.78 is 1.86. The van der Waals surface area contributed by atoms with E-state index in [-0.39, 0.29) is 29.2 Å². The van der Waals surface area contributed by atoms with Crippen molar-refractivity contribution in [1.29, 1.82) is 0 Å². The number of halogens is 1. The van der Waals surface area contributed by atoms with Crippen LogP contribution in [0.3, 0.4) is 0 Å². The van der Waals surface area contributed by atoms with Crippen LogP contribution < -0.4 is 16.4 Å². The molecule has 1 aromatic carbocycles. The SMILES string of the molecule is CC(C)n1cc(C(=O)c2cccc(NC(=O)Nc3ccc(Cl)cc3)n2)c2c(N)ncnc21. The van der Waals surface area contributed by atoms with Gasteiger partial charge in [-0.15, -0.1) is 0 Å². The second kappa shape index (κ2) is 8.64. The van der Waals surface area contributed by atoms with Gasteiger partial charge in [0.15, 0.2) is 0 Å². The third-order valence-corrected chi connectivity index (χ3v) is 5.02. The highest BCUT2D eigenvalue weighted by Gasteiger charge is 2.22. The van der Waals surface area contributed by atoms with Gasteiger partial charge in [-0.05, 0) is 50.2 Å². The van der Waals surface area contributed by atoms with Crippen LogP contribution in [0.15, 0.2) is 55.0 Å². The highest BCUT2D eigenvalue weighted by Crippen LogP contribution is 2.28. The summed E-state index contributed by atoms with van der Waals surface area (Å²) >= 11 is 5.85. The second-order valence-electron chi connectivity index (χ2n) is 7.32. The van der Waals surface area contributed by atoms with E-state index in [1.807, 2.05) is 18.4 Å². The summed E-state index contributed by atoms with van der Waals surface area (Å²) in [4.78, 5) is 38.2. The van der Waals surface area contributed by atoms with E-state index in [4.69, 9.17) is 17.3 Å². The Bertz CT molecular complexity index is 1320. The molecule has 4 aromatic rings. The number of nitrogens with one attached hydrogen (secondary N) is 2. The van der Waals surface area contributed by atoms with Gasteiger partial charge in [0.25, 0.3) is 0 Å². The zero-order valence-electron chi connectivity index (χ0n) is 17.3. The van der Waals surface area contributed by atoms with Gasteiger partial charge in [-0.25, -0.2) is 19.7 Å². The van der Waals surface area contributed by atoms with Crippen molar-refractivity contribution < 1.29 is 9.59 Å². The Morgan fingerprint density at radius 2 is 1.81 bits per heavy atom. The minimum absolute atomic E-state index is 0.0610. The monoisotopic (exact) mass is 449 g/mol. The first kappa shape index (κ1) is 21.3. The number of carbonyl (C=O) groups is 2. The standard InChI is InChI=1S/C22H20ClN7O2/c1-12(2)30-10-15(18-20(24)25-11-26-21(18)30)19(31)16-4-3-5-17(28-16)29-22(32)27-14-8-6-13(23)7-9-14/h3-12H,1-2H3,(H2,24,25,26)(H2,27,28,29,32). The Balaban J connectivity index is 1.60. The van der Waals surface area contributed by atoms with Gasteiger partial charge >= 0.3 is 6.03 Å². The lowest BCUT2D eigenvalue weighted by atomic mass is 10.1. The van der Waals surface area contributed by atoms with Gasteiger partial charge in [0.05, 0.1) is 10.9 Å². The summed E-state index contributed by atoms with van der Waals surface area (Å²) in [5.74, 6) is 0.0890. The second-order valence-corrected chi connectivity index (χ2v) is 7.76. The lowest BCUT2D eigenvalue weighted by Crippen LogP contribution is -2.20. The topological polar surface area (TPSA) is 128 Å². The number of rotatable bonds is 5. The number of nitrogens with two attached hydrogens (primary N) is 1. The predicted molar refractivity (Wildman–Crippen MR) is 124 cm³/mol. The molecule has 10 heteroatoms. The third-order valence-electron chi connectivity index (χ3n) is 4.77. The van der Waals surface area contributed by atoms with Crippen LogP contribution >= 0.6 is 11.6 Å². The van der Waals surface area contributed by atoms with E-state index in [1.165, 1.54) is 6.33 Å². The number of fused-ring (bicyclic) bond motifs is 1. The van der Waals surface area contributed by atoms with E-state index >= 15 is 0 Å². The molecular formula is C22H20ClN7O2. The van der Waals surface area contributed by atoms with E-state index in [1.54, 1.807) is 48.7 Å². The maximum Gasteiger partial charge on any atom is 0.324 e. The Hall–Kier alpha value is -3.98. The van der Waals surface area contributed by atoms with Crippen LogP contribution in [-0.2, 0) is 0 Å². The number of carbonyl (C=O) groups excluding carboxylic acids is 2. The van der Waals surface area contributed by atoms with Gasteiger partial charge in [-0.3, -0.25) is 10.1 Å². The normalized spacial score (nSPS) is 11.0. The molecule has 2 amide bonds. The van der Waals surface area contributed by atoms with Gasteiger partial charge in [-0.1, -0.05) is 17.7 Å². The van der Waals surface area contributed by atoms with Crippen LogP contribution in [0, 0.1) is 0 Å². The van der Waals surface area contributed by atoms with Crippen molar-refractivity contribution >= 4 is 51.8 Å².